The Morgan fingerprint density at radius 3 is 2.48 bits per heavy atom. The molecule has 21 heavy (non-hydrogen) atoms. The summed E-state index contributed by atoms with van der Waals surface area (Å²) in [4.78, 5) is -0.0408. The summed E-state index contributed by atoms with van der Waals surface area (Å²) < 4.78 is 41.6. The highest BCUT2D eigenvalue weighted by Gasteiger charge is 2.13. The number of rotatable bonds is 4. The van der Waals surface area contributed by atoms with Crippen LogP contribution in [-0.2, 0) is 15.7 Å². The van der Waals surface area contributed by atoms with Gasteiger partial charge < -0.3 is 4.74 Å². The molecule has 2 rings (SSSR count). The summed E-state index contributed by atoms with van der Waals surface area (Å²) in [5.41, 5.74) is 0.595. The fraction of sp³-hybridized carbons (Fsp3) is 0.0769. The molecule has 0 unspecified atom stereocenters. The lowest BCUT2D eigenvalue weighted by Gasteiger charge is -2.09. The molecule has 0 bridgehead atoms. The van der Waals surface area contributed by atoms with Crippen molar-refractivity contribution in [3.05, 3.63) is 57.3 Å². The third-order valence-corrected chi connectivity index (χ3v) is 4.84. The van der Waals surface area contributed by atoms with E-state index in [2.05, 4.69) is 15.9 Å². The van der Waals surface area contributed by atoms with Crippen molar-refractivity contribution in [3.63, 3.8) is 0 Å². The van der Waals surface area contributed by atoms with Gasteiger partial charge in [0.25, 0.3) is 9.05 Å². The van der Waals surface area contributed by atoms with Crippen molar-refractivity contribution in [1.82, 2.24) is 0 Å². The maximum absolute atomic E-state index is 13.3. The summed E-state index contributed by atoms with van der Waals surface area (Å²) in [7, 11) is 1.45. The molecule has 0 spiro atoms. The molecule has 2 aromatic rings. The van der Waals surface area contributed by atoms with Gasteiger partial charge in [-0.3, -0.25) is 0 Å². The number of halogens is 4. The molecule has 2 aromatic carbocycles. The molecule has 0 aliphatic heterocycles. The third-order valence-electron chi connectivity index (χ3n) is 2.56. The normalized spacial score (nSPS) is 11.4. The zero-order valence-corrected chi connectivity index (χ0v) is 14.2. The summed E-state index contributed by atoms with van der Waals surface area (Å²) in [5, 5.41) is 0.0385. The van der Waals surface area contributed by atoms with Crippen molar-refractivity contribution >= 4 is 47.3 Å². The lowest BCUT2D eigenvalue weighted by molar-refractivity contribution is 0.303. The van der Waals surface area contributed by atoms with Gasteiger partial charge >= 0.3 is 0 Å². The molecule has 3 nitrogen and oxygen atoms in total. The SMILES string of the molecule is O=S(=O)(Cl)c1ccc(OCc2ccc(Cl)c(F)c2)c(Br)c1. The summed E-state index contributed by atoms with van der Waals surface area (Å²) in [5.74, 6) is -0.116. The van der Waals surface area contributed by atoms with Gasteiger partial charge in [-0.15, -0.1) is 0 Å². The molecular formula is C13H8BrCl2FO3S. The smallest absolute Gasteiger partial charge is 0.261 e. The minimum Gasteiger partial charge on any atom is -0.488 e. The maximum atomic E-state index is 13.3. The van der Waals surface area contributed by atoms with Gasteiger partial charge in [-0.05, 0) is 51.8 Å². The van der Waals surface area contributed by atoms with E-state index < -0.39 is 14.9 Å². The maximum Gasteiger partial charge on any atom is 0.261 e. The molecule has 8 heteroatoms. The number of ether oxygens (including phenoxy) is 1. The molecule has 0 atom stereocenters. The number of benzene rings is 2. The van der Waals surface area contributed by atoms with Crippen LogP contribution in [0, 0.1) is 5.82 Å². The van der Waals surface area contributed by atoms with Crippen LogP contribution >= 0.6 is 38.2 Å². The third kappa shape index (κ3) is 4.32. The molecular weight excluding hydrogens is 406 g/mol. The number of hydrogen-bond donors (Lipinski definition) is 0. The monoisotopic (exact) mass is 412 g/mol. The Hall–Kier alpha value is -0.820. The summed E-state index contributed by atoms with van der Waals surface area (Å²) in [6.07, 6.45) is 0. The average Bonchev–Trinajstić information content (AvgIpc) is 2.40. The van der Waals surface area contributed by atoms with E-state index in [0.717, 1.165) is 0 Å². The van der Waals surface area contributed by atoms with Gasteiger partial charge in [0.15, 0.2) is 0 Å². The highest BCUT2D eigenvalue weighted by atomic mass is 79.9. The molecule has 0 aromatic heterocycles. The van der Waals surface area contributed by atoms with Crippen LogP contribution in [0.2, 0.25) is 5.02 Å². The van der Waals surface area contributed by atoms with E-state index >= 15 is 0 Å². The molecule has 0 amide bonds. The average molecular weight is 414 g/mol. The van der Waals surface area contributed by atoms with E-state index in [4.69, 9.17) is 27.0 Å². The Labute approximate surface area is 139 Å². The van der Waals surface area contributed by atoms with Gasteiger partial charge in [0, 0.05) is 10.7 Å². The van der Waals surface area contributed by atoms with E-state index in [1.165, 1.54) is 30.3 Å². The lowest BCUT2D eigenvalue weighted by Crippen LogP contribution is -1.98. The molecule has 0 saturated carbocycles. The largest absolute Gasteiger partial charge is 0.488 e. The van der Waals surface area contributed by atoms with Crippen molar-refractivity contribution in [2.75, 3.05) is 0 Å². The Kier molecular flexibility index (Phi) is 5.14. The van der Waals surface area contributed by atoms with E-state index in [0.29, 0.717) is 15.8 Å². The first kappa shape index (κ1) is 16.5. The van der Waals surface area contributed by atoms with Crippen LogP contribution < -0.4 is 4.74 Å². The highest BCUT2D eigenvalue weighted by Crippen LogP contribution is 2.30. The Bertz CT molecular complexity index is 781. The van der Waals surface area contributed by atoms with Crippen molar-refractivity contribution in [1.29, 1.82) is 0 Å². The zero-order chi connectivity index (χ0) is 15.6. The van der Waals surface area contributed by atoms with E-state index in [1.54, 1.807) is 6.07 Å². The molecule has 0 radical (unpaired) electrons. The molecule has 112 valence electrons. The van der Waals surface area contributed by atoms with Crippen LogP contribution in [0.15, 0.2) is 45.8 Å². The van der Waals surface area contributed by atoms with Gasteiger partial charge in [-0.2, -0.15) is 0 Å². The summed E-state index contributed by atoms with van der Waals surface area (Å²) in [6.45, 7) is 0.111. The van der Waals surface area contributed by atoms with Crippen LogP contribution in [-0.4, -0.2) is 8.42 Å². The fourth-order valence-corrected chi connectivity index (χ4v) is 3.08. The second-order valence-electron chi connectivity index (χ2n) is 4.07. The van der Waals surface area contributed by atoms with Gasteiger partial charge in [0.2, 0.25) is 0 Å². The highest BCUT2D eigenvalue weighted by molar-refractivity contribution is 9.10. The minimum absolute atomic E-state index is 0.0385. The van der Waals surface area contributed by atoms with Crippen LogP contribution in [0.4, 0.5) is 4.39 Å². The van der Waals surface area contributed by atoms with Gasteiger partial charge in [0.1, 0.15) is 18.2 Å². The van der Waals surface area contributed by atoms with Crippen LogP contribution in [0.5, 0.6) is 5.75 Å². The Morgan fingerprint density at radius 1 is 1.19 bits per heavy atom. The standard InChI is InChI=1S/C13H8BrCl2FO3S/c14-10-6-9(21(16,18)19)2-4-13(10)20-7-8-1-3-11(15)12(17)5-8/h1-6H,7H2. The van der Waals surface area contributed by atoms with Gasteiger partial charge in [-0.25, -0.2) is 12.8 Å². The predicted molar refractivity (Wildman–Crippen MR) is 82.9 cm³/mol. The predicted octanol–water partition coefficient (Wildman–Crippen LogP) is 4.75. The topological polar surface area (TPSA) is 43.4 Å². The van der Waals surface area contributed by atoms with Gasteiger partial charge in [-0.1, -0.05) is 17.7 Å². The van der Waals surface area contributed by atoms with Crippen molar-refractivity contribution in [2.45, 2.75) is 11.5 Å². The van der Waals surface area contributed by atoms with E-state index in [1.807, 2.05) is 0 Å². The van der Waals surface area contributed by atoms with Crippen molar-refractivity contribution < 1.29 is 17.5 Å². The van der Waals surface area contributed by atoms with Gasteiger partial charge in [0.05, 0.1) is 14.4 Å². The molecule has 0 aliphatic carbocycles. The Morgan fingerprint density at radius 2 is 1.90 bits per heavy atom. The number of hydrogen-bond acceptors (Lipinski definition) is 3. The second kappa shape index (κ2) is 6.52. The first-order chi connectivity index (χ1) is 9.77. The van der Waals surface area contributed by atoms with Crippen molar-refractivity contribution in [2.24, 2.45) is 0 Å². The summed E-state index contributed by atoms with van der Waals surface area (Å²) >= 11 is 8.79. The van der Waals surface area contributed by atoms with Crippen LogP contribution in [0.3, 0.4) is 0 Å². The molecule has 0 heterocycles. The molecule has 0 aliphatic rings. The second-order valence-corrected chi connectivity index (χ2v) is 7.89. The first-order valence-corrected chi connectivity index (χ1v) is 9.06. The minimum atomic E-state index is -3.80. The molecule has 0 fully saturated rings. The molecule has 0 N–H and O–H groups in total. The fourth-order valence-electron chi connectivity index (χ4n) is 1.54. The van der Waals surface area contributed by atoms with E-state index in [9.17, 15) is 12.8 Å². The van der Waals surface area contributed by atoms with E-state index in [-0.39, 0.29) is 16.5 Å². The summed E-state index contributed by atoms with van der Waals surface area (Å²) in [6, 6.07) is 8.47. The quantitative estimate of drug-likeness (QED) is 0.679. The molecule has 0 saturated heterocycles. The van der Waals surface area contributed by atoms with Crippen molar-refractivity contribution in [3.8, 4) is 5.75 Å². The Balaban J connectivity index is 2.15. The first-order valence-electron chi connectivity index (χ1n) is 5.58. The van der Waals surface area contributed by atoms with Crippen LogP contribution in [0.1, 0.15) is 5.56 Å². The lowest BCUT2D eigenvalue weighted by atomic mass is 10.2. The van der Waals surface area contributed by atoms with Crippen LogP contribution in [0.25, 0.3) is 0 Å². The zero-order valence-electron chi connectivity index (χ0n) is 10.3.